The molecular formula is C15H15ClN2O8S. The number of halogens is 1. The van der Waals surface area contributed by atoms with E-state index in [0.29, 0.717) is 5.75 Å². The lowest BCUT2D eigenvalue weighted by molar-refractivity contribution is -0.385. The van der Waals surface area contributed by atoms with Crippen molar-refractivity contribution in [3.05, 3.63) is 39.4 Å². The molecule has 2 N–H and O–H groups in total. The van der Waals surface area contributed by atoms with E-state index in [1.165, 1.54) is 33.5 Å². The molecule has 12 heteroatoms. The molecule has 0 radical (unpaired) electrons. The highest BCUT2D eigenvalue weighted by molar-refractivity contribution is 7.89. The number of hydrogen-bond donors (Lipinski definition) is 1. The first-order valence-electron chi connectivity index (χ1n) is 7.11. The quantitative estimate of drug-likeness (QED) is 0.534. The van der Waals surface area contributed by atoms with Gasteiger partial charge in [-0.3, -0.25) is 10.1 Å². The van der Waals surface area contributed by atoms with E-state index in [1.54, 1.807) is 0 Å². The summed E-state index contributed by atoms with van der Waals surface area (Å²) in [7, 11) is -0.0634. The molecule has 0 bridgehead atoms. The lowest BCUT2D eigenvalue weighted by Crippen LogP contribution is -2.13. The Bertz CT molecular complexity index is 969. The molecule has 2 aromatic carbocycles. The van der Waals surface area contributed by atoms with Gasteiger partial charge >= 0.3 is 5.69 Å². The molecule has 0 aliphatic heterocycles. The highest BCUT2D eigenvalue weighted by Gasteiger charge is 2.28. The summed E-state index contributed by atoms with van der Waals surface area (Å²) in [5.74, 6) is 0.603. The molecule has 146 valence electrons. The van der Waals surface area contributed by atoms with Gasteiger partial charge in [0, 0.05) is 12.1 Å². The van der Waals surface area contributed by atoms with Crippen molar-refractivity contribution < 1.29 is 32.3 Å². The van der Waals surface area contributed by atoms with Crippen LogP contribution in [-0.4, -0.2) is 34.7 Å². The predicted molar refractivity (Wildman–Crippen MR) is 95.7 cm³/mol. The van der Waals surface area contributed by atoms with E-state index >= 15 is 0 Å². The largest absolute Gasteiger partial charge is 0.493 e. The van der Waals surface area contributed by atoms with Crippen LogP contribution < -0.4 is 24.1 Å². The first-order valence-corrected chi connectivity index (χ1v) is 9.04. The third kappa shape index (κ3) is 4.15. The lowest BCUT2D eigenvalue weighted by Gasteiger charge is -2.15. The van der Waals surface area contributed by atoms with Crippen molar-refractivity contribution in [3.8, 4) is 28.7 Å². The van der Waals surface area contributed by atoms with Crippen LogP contribution in [0, 0.1) is 10.1 Å². The zero-order chi connectivity index (χ0) is 20.4. The number of nitrogens with zero attached hydrogens (tertiary/aromatic N) is 1. The van der Waals surface area contributed by atoms with Crippen molar-refractivity contribution in [2.75, 3.05) is 21.3 Å². The standard InChI is InChI=1S/C15H15ClN2O8S/c1-23-10-6-8(7-11(24-2)15(10)25-3)26-9-4-5-12(27(17,21)22)13(16)14(9)18(19)20/h4-7H,1-3H3,(H2,17,21,22). The summed E-state index contributed by atoms with van der Waals surface area (Å²) >= 11 is 5.87. The first kappa shape index (κ1) is 20.6. The van der Waals surface area contributed by atoms with Crippen LogP contribution in [0.3, 0.4) is 0 Å². The number of hydrogen-bond acceptors (Lipinski definition) is 8. The summed E-state index contributed by atoms with van der Waals surface area (Å²) in [4.78, 5) is 9.93. The van der Waals surface area contributed by atoms with Crippen molar-refractivity contribution in [3.63, 3.8) is 0 Å². The molecule has 0 amide bonds. The van der Waals surface area contributed by atoms with Gasteiger partial charge in [-0.2, -0.15) is 0 Å². The van der Waals surface area contributed by atoms with E-state index in [2.05, 4.69) is 0 Å². The van der Waals surface area contributed by atoms with Crippen molar-refractivity contribution in [2.45, 2.75) is 4.90 Å². The van der Waals surface area contributed by atoms with Gasteiger partial charge in [-0.25, -0.2) is 13.6 Å². The molecule has 0 aliphatic carbocycles. The van der Waals surface area contributed by atoms with E-state index in [-0.39, 0.29) is 23.0 Å². The van der Waals surface area contributed by atoms with Gasteiger partial charge in [0.05, 0.1) is 26.3 Å². The fourth-order valence-electron chi connectivity index (χ4n) is 2.24. The third-order valence-corrected chi connectivity index (χ3v) is 4.85. The summed E-state index contributed by atoms with van der Waals surface area (Å²) in [6.45, 7) is 0. The monoisotopic (exact) mass is 418 g/mol. The number of rotatable bonds is 7. The summed E-state index contributed by atoms with van der Waals surface area (Å²) < 4.78 is 44.1. The molecule has 10 nitrogen and oxygen atoms in total. The molecule has 0 saturated heterocycles. The van der Waals surface area contributed by atoms with E-state index in [1.807, 2.05) is 0 Å². The molecule has 0 aromatic heterocycles. The van der Waals surface area contributed by atoms with E-state index in [9.17, 15) is 18.5 Å². The Balaban J connectivity index is 2.61. The van der Waals surface area contributed by atoms with Gasteiger partial charge < -0.3 is 18.9 Å². The second kappa shape index (κ2) is 7.86. The first-order chi connectivity index (χ1) is 12.6. The number of nitrogens with two attached hydrogens (primary N) is 1. The maximum atomic E-state index is 11.5. The number of benzene rings is 2. The van der Waals surface area contributed by atoms with Gasteiger partial charge in [0.15, 0.2) is 11.5 Å². The Morgan fingerprint density at radius 1 is 1.04 bits per heavy atom. The van der Waals surface area contributed by atoms with Gasteiger partial charge in [-0.1, -0.05) is 11.6 Å². The number of nitro benzene ring substituents is 1. The Morgan fingerprint density at radius 3 is 2.00 bits per heavy atom. The highest BCUT2D eigenvalue weighted by Crippen LogP contribution is 2.45. The molecule has 0 spiro atoms. The van der Waals surface area contributed by atoms with Crippen LogP contribution in [0.5, 0.6) is 28.7 Å². The third-order valence-electron chi connectivity index (χ3n) is 3.40. The van der Waals surface area contributed by atoms with Crippen molar-refractivity contribution >= 4 is 27.3 Å². The van der Waals surface area contributed by atoms with Crippen molar-refractivity contribution in [1.29, 1.82) is 0 Å². The second-order valence-corrected chi connectivity index (χ2v) is 6.90. The van der Waals surface area contributed by atoms with Crippen LogP contribution in [-0.2, 0) is 10.0 Å². The Hall–Kier alpha value is -2.76. The van der Waals surface area contributed by atoms with Crippen LogP contribution in [0.15, 0.2) is 29.2 Å². The molecule has 2 aromatic rings. The van der Waals surface area contributed by atoms with Gasteiger partial charge in [0.2, 0.25) is 21.5 Å². The molecule has 2 rings (SSSR count). The van der Waals surface area contributed by atoms with Crippen LogP contribution in [0.1, 0.15) is 0 Å². The molecular weight excluding hydrogens is 404 g/mol. The minimum absolute atomic E-state index is 0.104. The average Bonchev–Trinajstić information content (AvgIpc) is 2.59. The Morgan fingerprint density at radius 2 is 1.59 bits per heavy atom. The minimum atomic E-state index is -4.26. The Labute approximate surface area is 159 Å². The van der Waals surface area contributed by atoms with Gasteiger partial charge in [0.1, 0.15) is 15.7 Å². The summed E-state index contributed by atoms with van der Waals surface area (Å²) in [5.41, 5.74) is -0.753. The number of ether oxygens (including phenoxy) is 4. The number of sulfonamides is 1. The van der Waals surface area contributed by atoms with Gasteiger partial charge in [-0.15, -0.1) is 0 Å². The Kier molecular flexibility index (Phi) is 5.98. The predicted octanol–water partition coefficient (Wildman–Crippen LogP) is 2.71. The topological polar surface area (TPSA) is 140 Å². The normalized spacial score (nSPS) is 11.0. The lowest BCUT2D eigenvalue weighted by atomic mass is 10.2. The fourth-order valence-corrected chi connectivity index (χ4v) is 3.40. The van der Waals surface area contributed by atoms with Crippen LogP contribution in [0.4, 0.5) is 5.69 Å². The van der Waals surface area contributed by atoms with Crippen LogP contribution in [0.2, 0.25) is 5.02 Å². The molecule has 0 atom stereocenters. The SMILES string of the molecule is COc1cc(Oc2ccc(S(N)(=O)=O)c(Cl)c2[N+](=O)[O-])cc(OC)c1OC. The average molecular weight is 419 g/mol. The van der Waals surface area contributed by atoms with E-state index in [0.717, 1.165) is 12.1 Å². The zero-order valence-corrected chi connectivity index (χ0v) is 16.0. The summed E-state index contributed by atoms with van der Waals surface area (Å²) in [6, 6.07) is 4.91. The summed E-state index contributed by atoms with van der Waals surface area (Å²) in [5, 5.41) is 15.7. The zero-order valence-electron chi connectivity index (χ0n) is 14.4. The fraction of sp³-hybridized carbons (Fsp3) is 0.200. The molecule has 0 fully saturated rings. The van der Waals surface area contributed by atoms with E-state index < -0.39 is 30.6 Å². The molecule has 0 heterocycles. The van der Waals surface area contributed by atoms with Crippen molar-refractivity contribution in [1.82, 2.24) is 0 Å². The van der Waals surface area contributed by atoms with Crippen LogP contribution in [0.25, 0.3) is 0 Å². The molecule has 27 heavy (non-hydrogen) atoms. The number of nitro groups is 1. The smallest absolute Gasteiger partial charge is 0.331 e. The number of primary sulfonamides is 1. The van der Waals surface area contributed by atoms with E-state index in [4.69, 9.17) is 35.7 Å². The highest BCUT2D eigenvalue weighted by atomic mass is 35.5. The maximum Gasteiger partial charge on any atom is 0.331 e. The molecule has 0 unspecified atom stereocenters. The van der Waals surface area contributed by atoms with Crippen LogP contribution >= 0.6 is 11.6 Å². The summed E-state index contributed by atoms with van der Waals surface area (Å²) in [6.07, 6.45) is 0. The molecule has 0 aliphatic rings. The van der Waals surface area contributed by atoms with Gasteiger partial charge in [0.25, 0.3) is 0 Å². The second-order valence-electron chi connectivity index (χ2n) is 4.99. The van der Waals surface area contributed by atoms with Gasteiger partial charge in [-0.05, 0) is 12.1 Å². The minimum Gasteiger partial charge on any atom is -0.493 e. The number of methoxy groups -OCH3 is 3. The van der Waals surface area contributed by atoms with Crippen molar-refractivity contribution in [2.24, 2.45) is 5.14 Å². The maximum absolute atomic E-state index is 11.5. The molecule has 0 saturated carbocycles.